The Morgan fingerprint density at radius 3 is 2.62 bits per heavy atom. The molecule has 1 aromatic rings. The van der Waals surface area contributed by atoms with Gasteiger partial charge in [0.1, 0.15) is 0 Å². The molecule has 1 aromatic carbocycles. The summed E-state index contributed by atoms with van der Waals surface area (Å²) in [6.45, 7) is 6.63. The Kier molecular flexibility index (Phi) is 3.62. The monoisotopic (exact) mass is 218 g/mol. The van der Waals surface area contributed by atoms with Gasteiger partial charge in [0.15, 0.2) is 0 Å². The predicted octanol–water partition coefficient (Wildman–Crippen LogP) is 2.24. The van der Waals surface area contributed by atoms with Crippen LogP contribution in [-0.4, -0.2) is 23.5 Å². The molecule has 0 aromatic heterocycles. The molecule has 0 amide bonds. The van der Waals surface area contributed by atoms with Crippen LogP contribution in [0.15, 0.2) is 30.3 Å². The largest absolute Gasteiger partial charge is 0.326 e. The second-order valence-corrected chi connectivity index (χ2v) is 5.14. The van der Waals surface area contributed by atoms with E-state index in [1.807, 2.05) is 0 Å². The molecular weight excluding hydrogens is 196 g/mol. The van der Waals surface area contributed by atoms with Crippen molar-refractivity contribution in [3.05, 3.63) is 35.9 Å². The Balaban J connectivity index is 2.00. The van der Waals surface area contributed by atoms with Crippen LogP contribution in [0.2, 0.25) is 0 Å². The molecule has 0 spiro atoms. The summed E-state index contributed by atoms with van der Waals surface area (Å²) in [6.07, 6.45) is 1.22. The lowest BCUT2D eigenvalue weighted by Crippen LogP contribution is -2.51. The molecule has 16 heavy (non-hydrogen) atoms. The summed E-state index contributed by atoms with van der Waals surface area (Å²) < 4.78 is 0. The normalized spacial score (nSPS) is 31.6. The molecule has 3 atom stereocenters. The quantitative estimate of drug-likeness (QED) is 0.825. The molecule has 1 aliphatic rings. The number of hydrogen-bond acceptors (Lipinski definition) is 2. The van der Waals surface area contributed by atoms with Crippen LogP contribution in [-0.2, 0) is 6.54 Å². The van der Waals surface area contributed by atoms with Crippen LogP contribution in [0.3, 0.4) is 0 Å². The van der Waals surface area contributed by atoms with Crippen molar-refractivity contribution in [3.63, 3.8) is 0 Å². The number of benzene rings is 1. The molecule has 2 N–H and O–H groups in total. The fraction of sp³-hybridized carbons (Fsp3) is 0.571. The van der Waals surface area contributed by atoms with Crippen molar-refractivity contribution in [2.45, 2.75) is 38.9 Å². The number of piperidine rings is 1. The Labute approximate surface area is 98.4 Å². The maximum atomic E-state index is 6.14. The summed E-state index contributed by atoms with van der Waals surface area (Å²) in [5, 5.41) is 0. The Bertz CT molecular complexity index is 323. The molecule has 0 radical (unpaired) electrons. The van der Waals surface area contributed by atoms with Gasteiger partial charge in [-0.25, -0.2) is 0 Å². The molecule has 88 valence electrons. The predicted molar refractivity (Wildman–Crippen MR) is 68.1 cm³/mol. The minimum absolute atomic E-state index is 0.333. The number of rotatable bonds is 2. The molecule has 1 heterocycles. The molecule has 2 heteroatoms. The van der Waals surface area contributed by atoms with Crippen molar-refractivity contribution < 1.29 is 0 Å². The van der Waals surface area contributed by atoms with Crippen molar-refractivity contribution in [2.75, 3.05) is 6.54 Å². The molecule has 0 bridgehead atoms. The van der Waals surface area contributed by atoms with Crippen molar-refractivity contribution in [2.24, 2.45) is 11.7 Å². The Hall–Kier alpha value is -0.860. The first kappa shape index (κ1) is 11.6. The molecule has 0 saturated carbocycles. The first-order valence-corrected chi connectivity index (χ1v) is 6.20. The zero-order chi connectivity index (χ0) is 11.5. The van der Waals surface area contributed by atoms with E-state index in [9.17, 15) is 0 Å². The van der Waals surface area contributed by atoms with Gasteiger partial charge in [-0.3, -0.25) is 4.90 Å². The average Bonchev–Trinajstić information content (AvgIpc) is 2.27. The highest BCUT2D eigenvalue weighted by Crippen LogP contribution is 2.23. The molecule has 3 unspecified atom stereocenters. The van der Waals surface area contributed by atoms with Crippen LogP contribution in [0.4, 0.5) is 0 Å². The minimum atomic E-state index is 0.333. The van der Waals surface area contributed by atoms with Gasteiger partial charge in [0, 0.05) is 25.2 Å². The molecular formula is C14H22N2. The van der Waals surface area contributed by atoms with Crippen molar-refractivity contribution in [3.8, 4) is 0 Å². The second-order valence-electron chi connectivity index (χ2n) is 5.14. The van der Waals surface area contributed by atoms with E-state index in [2.05, 4.69) is 49.1 Å². The van der Waals surface area contributed by atoms with Crippen LogP contribution in [0.5, 0.6) is 0 Å². The highest BCUT2D eigenvalue weighted by Gasteiger charge is 2.28. The van der Waals surface area contributed by atoms with Crippen molar-refractivity contribution >= 4 is 0 Å². The van der Waals surface area contributed by atoms with E-state index in [4.69, 9.17) is 5.73 Å². The first-order chi connectivity index (χ1) is 7.66. The summed E-state index contributed by atoms with van der Waals surface area (Å²) in [4.78, 5) is 2.50. The van der Waals surface area contributed by atoms with Gasteiger partial charge in [0.2, 0.25) is 0 Å². The summed E-state index contributed by atoms with van der Waals surface area (Å²) in [5.74, 6) is 0.655. The average molecular weight is 218 g/mol. The van der Waals surface area contributed by atoms with Gasteiger partial charge < -0.3 is 5.73 Å². The second kappa shape index (κ2) is 4.98. The molecule has 1 saturated heterocycles. The summed E-state index contributed by atoms with van der Waals surface area (Å²) >= 11 is 0. The summed E-state index contributed by atoms with van der Waals surface area (Å²) in [5.41, 5.74) is 7.53. The zero-order valence-electron chi connectivity index (χ0n) is 10.3. The Morgan fingerprint density at radius 2 is 1.94 bits per heavy atom. The molecule has 2 nitrogen and oxygen atoms in total. The van der Waals surface area contributed by atoms with Crippen LogP contribution >= 0.6 is 0 Å². The number of nitrogens with two attached hydrogens (primary N) is 1. The van der Waals surface area contributed by atoms with Gasteiger partial charge in [-0.05, 0) is 24.8 Å². The number of nitrogens with zero attached hydrogens (tertiary/aromatic N) is 1. The van der Waals surface area contributed by atoms with Gasteiger partial charge in [-0.15, -0.1) is 0 Å². The lowest BCUT2D eigenvalue weighted by Gasteiger charge is -2.40. The third kappa shape index (κ3) is 2.63. The van der Waals surface area contributed by atoms with E-state index in [1.54, 1.807) is 0 Å². The van der Waals surface area contributed by atoms with Gasteiger partial charge >= 0.3 is 0 Å². The van der Waals surface area contributed by atoms with E-state index in [-0.39, 0.29) is 0 Å². The third-order valence-corrected chi connectivity index (χ3v) is 3.74. The topological polar surface area (TPSA) is 29.3 Å². The zero-order valence-corrected chi connectivity index (χ0v) is 10.3. The van der Waals surface area contributed by atoms with Crippen molar-refractivity contribution in [1.82, 2.24) is 4.90 Å². The maximum Gasteiger partial charge on any atom is 0.0237 e. The first-order valence-electron chi connectivity index (χ1n) is 6.20. The van der Waals surface area contributed by atoms with Crippen LogP contribution < -0.4 is 5.73 Å². The molecule has 1 aliphatic heterocycles. The lowest BCUT2D eigenvalue weighted by molar-refractivity contribution is 0.104. The van der Waals surface area contributed by atoms with E-state index in [0.29, 0.717) is 18.0 Å². The SMILES string of the molecule is CC1CC(C)N(Cc2ccccc2)CC1N. The minimum Gasteiger partial charge on any atom is -0.326 e. The maximum absolute atomic E-state index is 6.14. The highest BCUT2D eigenvalue weighted by molar-refractivity contribution is 5.14. The fourth-order valence-electron chi connectivity index (χ4n) is 2.53. The van der Waals surface area contributed by atoms with Gasteiger partial charge in [0.05, 0.1) is 0 Å². The van der Waals surface area contributed by atoms with E-state index < -0.39 is 0 Å². The Morgan fingerprint density at radius 1 is 1.25 bits per heavy atom. The summed E-state index contributed by atoms with van der Waals surface area (Å²) in [6, 6.07) is 11.6. The van der Waals surface area contributed by atoms with Crippen LogP contribution in [0, 0.1) is 5.92 Å². The van der Waals surface area contributed by atoms with E-state index in [1.165, 1.54) is 12.0 Å². The third-order valence-electron chi connectivity index (χ3n) is 3.74. The van der Waals surface area contributed by atoms with E-state index >= 15 is 0 Å². The standard InChI is InChI=1S/C14H22N2/c1-11-8-12(2)16(10-14(11)15)9-13-6-4-3-5-7-13/h3-7,11-12,14H,8-10,15H2,1-2H3. The smallest absolute Gasteiger partial charge is 0.0237 e. The van der Waals surface area contributed by atoms with Gasteiger partial charge in [0.25, 0.3) is 0 Å². The highest BCUT2D eigenvalue weighted by atomic mass is 15.2. The van der Waals surface area contributed by atoms with Crippen LogP contribution in [0.25, 0.3) is 0 Å². The number of likely N-dealkylation sites (tertiary alicyclic amines) is 1. The van der Waals surface area contributed by atoms with Crippen LogP contribution in [0.1, 0.15) is 25.8 Å². The summed E-state index contributed by atoms with van der Waals surface area (Å²) in [7, 11) is 0. The molecule has 2 rings (SSSR count). The molecule has 0 aliphatic carbocycles. The van der Waals surface area contributed by atoms with Crippen molar-refractivity contribution in [1.29, 1.82) is 0 Å². The fourth-order valence-corrected chi connectivity index (χ4v) is 2.53. The van der Waals surface area contributed by atoms with Gasteiger partial charge in [-0.2, -0.15) is 0 Å². The van der Waals surface area contributed by atoms with Gasteiger partial charge in [-0.1, -0.05) is 37.3 Å². The number of hydrogen-bond donors (Lipinski definition) is 1. The lowest BCUT2D eigenvalue weighted by atomic mass is 9.89. The van der Waals surface area contributed by atoms with E-state index in [0.717, 1.165) is 13.1 Å². The molecule has 1 fully saturated rings.